The minimum absolute atomic E-state index is 0.672. The molecule has 0 fully saturated rings. The van der Waals surface area contributed by atoms with Gasteiger partial charge in [-0.15, -0.1) is 11.3 Å². The maximum Gasteiger partial charge on any atom is 0.160 e. The Bertz CT molecular complexity index is 3200. The zero-order valence-electron chi connectivity index (χ0n) is 29.6. The summed E-state index contributed by atoms with van der Waals surface area (Å²) in [5, 5.41) is 5.58. The molecule has 3 heterocycles. The number of fused-ring (bicyclic) bond motifs is 7. The number of rotatable bonds is 6. The molecule has 11 aromatic rings. The lowest BCUT2D eigenvalue weighted by atomic mass is 10.0. The summed E-state index contributed by atoms with van der Waals surface area (Å²) in [6.45, 7) is 0. The van der Waals surface area contributed by atoms with Crippen LogP contribution in [0.25, 0.3) is 86.8 Å². The van der Waals surface area contributed by atoms with E-state index in [4.69, 9.17) is 14.4 Å². The van der Waals surface area contributed by atoms with Gasteiger partial charge in [-0.2, -0.15) is 0 Å². The Kier molecular flexibility index (Phi) is 7.32. The second-order valence-corrected chi connectivity index (χ2v) is 14.8. The van der Waals surface area contributed by atoms with Gasteiger partial charge in [-0.1, -0.05) is 133 Å². The summed E-state index contributed by atoms with van der Waals surface area (Å²) in [7, 11) is 0. The van der Waals surface area contributed by atoms with Crippen molar-refractivity contribution in [3.63, 3.8) is 0 Å². The molecule has 0 aliphatic heterocycles. The molecule has 3 aromatic heterocycles. The van der Waals surface area contributed by atoms with E-state index < -0.39 is 0 Å². The minimum atomic E-state index is 0.672. The van der Waals surface area contributed by atoms with E-state index in [9.17, 15) is 0 Å². The maximum absolute atomic E-state index is 6.69. The number of hydrogen-bond acceptors (Lipinski definition) is 5. The fraction of sp³-hybridized carbons (Fsp3) is 0. The molecule has 0 spiro atoms. The highest BCUT2D eigenvalue weighted by atomic mass is 32.1. The highest BCUT2D eigenvalue weighted by molar-refractivity contribution is 7.26. The van der Waals surface area contributed by atoms with Gasteiger partial charge in [0.05, 0.1) is 27.0 Å². The van der Waals surface area contributed by atoms with E-state index in [0.29, 0.717) is 5.82 Å². The third-order valence-electron chi connectivity index (χ3n) is 10.5. The first-order chi connectivity index (χ1) is 27.3. The fourth-order valence-corrected chi connectivity index (χ4v) is 9.05. The Morgan fingerprint density at radius 3 is 2.00 bits per heavy atom. The van der Waals surface area contributed by atoms with Crippen LogP contribution in [0.2, 0.25) is 0 Å². The fourth-order valence-electron chi connectivity index (χ4n) is 7.90. The van der Waals surface area contributed by atoms with Crippen LogP contribution in [-0.2, 0) is 0 Å². The van der Waals surface area contributed by atoms with Crippen LogP contribution in [0.1, 0.15) is 0 Å². The van der Waals surface area contributed by atoms with E-state index in [1.165, 1.54) is 26.6 Å². The Labute approximate surface area is 321 Å². The quantitative estimate of drug-likeness (QED) is 0.171. The van der Waals surface area contributed by atoms with Crippen molar-refractivity contribution in [2.45, 2.75) is 0 Å². The van der Waals surface area contributed by atoms with Crippen LogP contribution in [0.5, 0.6) is 0 Å². The van der Waals surface area contributed by atoms with Crippen molar-refractivity contribution >= 4 is 81.4 Å². The average Bonchev–Trinajstić information content (AvgIpc) is 3.83. The van der Waals surface area contributed by atoms with E-state index in [-0.39, 0.29) is 0 Å². The van der Waals surface area contributed by atoms with Crippen molar-refractivity contribution in [2.75, 3.05) is 4.90 Å². The number of para-hydroxylation sites is 1. The highest BCUT2D eigenvalue weighted by Crippen LogP contribution is 2.45. The molecule has 55 heavy (non-hydrogen) atoms. The van der Waals surface area contributed by atoms with Crippen molar-refractivity contribution < 1.29 is 4.42 Å². The van der Waals surface area contributed by atoms with E-state index in [0.717, 1.165) is 71.4 Å². The van der Waals surface area contributed by atoms with Gasteiger partial charge in [-0.25, -0.2) is 9.97 Å². The number of hydrogen-bond donors (Lipinski definition) is 0. The zero-order chi connectivity index (χ0) is 36.3. The zero-order valence-corrected chi connectivity index (χ0v) is 30.4. The normalized spacial score (nSPS) is 11.6. The molecule has 8 aromatic carbocycles. The number of anilines is 3. The van der Waals surface area contributed by atoms with Crippen LogP contribution in [0.4, 0.5) is 17.1 Å². The minimum Gasteiger partial charge on any atom is -0.456 e. The van der Waals surface area contributed by atoms with Gasteiger partial charge in [0.1, 0.15) is 11.2 Å². The molecule has 0 saturated heterocycles. The summed E-state index contributed by atoms with van der Waals surface area (Å²) in [5.74, 6) is 0.672. The smallest absolute Gasteiger partial charge is 0.160 e. The lowest BCUT2D eigenvalue weighted by molar-refractivity contribution is 0.669. The Morgan fingerprint density at radius 2 is 1.15 bits per heavy atom. The Hall–Kier alpha value is -7.08. The molecule has 4 nitrogen and oxygen atoms in total. The van der Waals surface area contributed by atoms with Crippen LogP contribution in [0, 0.1) is 0 Å². The second-order valence-electron chi connectivity index (χ2n) is 13.7. The van der Waals surface area contributed by atoms with Crippen LogP contribution >= 0.6 is 11.3 Å². The number of thiophene rings is 1. The molecule has 0 saturated carbocycles. The van der Waals surface area contributed by atoms with Crippen LogP contribution in [0.3, 0.4) is 0 Å². The van der Waals surface area contributed by atoms with E-state index in [1.807, 2.05) is 0 Å². The molecule has 0 amide bonds. The van der Waals surface area contributed by atoms with Crippen molar-refractivity contribution in [1.82, 2.24) is 9.97 Å². The summed E-state index contributed by atoms with van der Waals surface area (Å²) in [4.78, 5) is 12.9. The highest BCUT2D eigenvalue weighted by Gasteiger charge is 2.22. The summed E-state index contributed by atoms with van der Waals surface area (Å²) in [5.41, 5.74) is 11.1. The third-order valence-corrected chi connectivity index (χ3v) is 11.7. The predicted octanol–water partition coefficient (Wildman–Crippen LogP) is 14.4. The molecule has 0 bridgehead atoms. The lowest BCUT2D eigenvalue weighted by Crippen LogP contribution is -2.10. The number of aromatic nitrogens is 2. The summed E-state index contributed by atoms with van der Waals surface area (Å²) >= 11 is 1.75. The summed E-state index contributed by atoms with van der Waals surface area (Å²) in [6.07, 6.45) is 0. The Morgan fingerprint density at radius 1 is 0.473 bits per heavy atom. The van der Waals surface area contributed by atoms with Crippen molar-refractivity contribution in [3.05, 3.63) is 188 Å². The molecule has 0 aliphatic rings. The van der Waals surface area contributed by atoms with Crippen LogP contribution in [-0.4, -0.2) is 9.97 Å². The molecular formula is C50H31N3OS. The topological polar surface area (TPSA) is 42.2 Å². The second kappa shape index (κ2) is 12.8. The predicted molar refractivity (Wildman–Crippen MR) is 231 cm³/mol. The molecule has 0 aliphatic carbocycles. The van der Waals surface area contributed by atoms with Crippen molar-refractivity contribution in [3.8, 4) is 33.8 Å². The van der Waals surface area contributed by atoms with Gasteiger partial charge >= 0.3 is 0 Å². The number of furan rings is 1. The molecule has 258 valence electrons. The summed E-state index contributed by atoms with van der Waals surface area (Å²) < 4.78 is 8.98. The van der Waals surface area contributed by atoms with Gasteiger partial charge < -0.3 is 9.32 Å². The summed E-state index contributed by atoms with van der Waals surface area (Å²) in [6, 6.07) is 66.0. The van der Waals surface area contributed by atoms with E-state index >= 15 is 0 Å². The molecular weight excluding hydrogens is 691 g/mol. The number of nitrogens with zero attached hydrogens (tertiary/aromatic N) is 3. The lowest BCUT2D eigenvalue weighted by Gasteiger charge is -2.26. The standard InChI is InChI=1S/C50H31N3OS/c1-3-13-32(14-4-1)33-25-28-37(29-26-33)53(36-17-5-2-6-18-36)42-22-12-23-43-46(42)40-30-27-35(31-44(40)54-43)50-51-47(39-21-11-16-34-15-7-8-19-38(34)39)49-48(52-50)41-20-9-10-24-45(41)55-49/h1-31H. The Balaban J connectivity index is 1.08. The van der Waals surface area contributed by atoms with E-state index in [2.05, 4.69) is 193 Å². The largest absolute Gasteiger partial charge is 0.456 e. The van der Waals surface area contributed by atoms with Crippen LogP contribution in [0.15, 0.2) is 192 Å². The molecule has 0 N–H and O–H groups in total. The number of benzene rings is 8. The first-order valence-electron chi connectivity index (χ1n) is 18.4. The van der Waals surface area contributed by atoms with Gasteiger partial charge in [0, 0.05) is 38.0 Å². The molecule has 0 unspecified atom stereocenters. The van der Waals surface area contributed by atoms with Crippen LogP contribution < -0.4 is 4.90 Å². The van der Waals surface area contributed by atoms with Gasteiger partial charge in [0.15, 0.2) is 5.82 Å². The van der Waals surface area contributed by atoms with Crippen molar-refractivity contribution in [1.29, 1.82) is 0 Å². The first-order valence-corrected chi connectivity index (χ1v) is 19.2. The van der Waals surface area contributed by atoms with Gasteiger partial charge in [0.25, 0.3) is 0 Å². The molecule has 11 rings (SSSR count). The van der Waals surface area contributed by atoms with Crippen molar-refractivity contribution in [2.24, 2.45) is 0 Å². The maximum atomic E-state index is 6.69. The van der Waals surface area contributed by atoms with Gasteiger partial charge in [-0.05, 0) is 76.5 Å². The average molecular weight is 722 g/mol. The monoisotopic (exact) mass is 721 g/mol. The molecule has 0 atom stereocenters. The SMILES string of the molecule is c1ccc(-c2ccc(N(c3ccccc3)c3cccc4oc5cc(-c6nc(-c7cccc8ccccc78)c7sc8ccccc8c7n6)ccc5c34)cc2)cc1. The van der Waals surface area contributed by atoms with Gasteiger partial charge in [0.2, 0.25) is 0 Å². The molecule has 5 heteroatoms. The molecule has 0 radical (unpaired) electrons. The van der Waals surface area contributed by atoms with Gasteiger partial charge in [-0.3, -0.25) is 0 Å². The first kappa shape index (κ1) is 31.4. The third kappa shape index (κ3) is 5.28. The van der Waals surface area contributed by atoms with E-state index in [1.54, 1.807) is 11.3 Å².